The first-order chi connectivity index (χ1) is 19.5. The van der Waals surface area contributed by atoms with Crippen LogP contribution in [-0.2, 0) is 0 Å². The number of rotatable bonds is 8. The highest BCUT2D eigenvalue weighted by molar-refractivity contribution is 5.97. The number of para-hydroxylation sites is 1. The van der Waals surface area contributed by atoms with Crippen LogP contribution in [0.1, 0.15) is 22.4 Å². The average Bonchev–Trinajstić information content (AvgIpc) is 3.25. The van der Waals surface area contributed by atoms with E-state index in [0.29, 0.717) is 0 Å². The van der Waals surface area contributed by atoms with Gasteiger partial charge < -0.3 is 10.3 Å². The van der Waals surface area contributed by atoms with Gasteiger partial charge in [-0.05, 0) is 87.9 Å². The molecule has 0 radical (unpaired) electrons. The lowest BCUT2D eigenvalue weighted by molar-refractivity contribution is 1.06. The quantitative estimate of drug-likeness (QED) is 0.204. The summed E-state index contributed by atoms with van der Waals surface area (Å²) in [6.07, 6.45) is 9.25. The SMILES string of the molecule is C=CC(=C\N)/C(C=C)=C/c1c(C)c(C)c(-c2ccc(-c3cccc4ccccc34)cc2C=C)n1-c1ccccc1. The second-order valence-corrected chi connectivity index (χ2v) is 9.82. The van der Waals surface area contributed by atoms with Crippen molar-refractivity contribution in [3.05, 3.63) is 163 Å². The normalized spacial score (nSPS) is 11.9. The molecule has 40 heavy (non-hydrogen) atoms. The van der Waals surface area contributed by atoms with Crippen molar-refractivity contribution >= 4 is 22.9 Å². The molecule has 0 unspecified atom stereocenters. The Hall–Kier alpha value is -5.08. The summed E-state index contributed by atoms with van der Waals surface area (Å²) >= 11 is 0. The summed E-state index contributed by atoms with van der Waals surface area (Å²) in [6.45, 7) is 16.6. The predicted molar refractivity (Wildman–Crippen MR) is 174 cm³/mol. The maximum Gasteiger partial charge on any atom is 0.0572 e. The van der Waals surface area contributed by atoms with Gasteiger partial charge in [0, 0.05) is 17.5 Å². The van der Waals surface area contributed by atoms with Crippen LogP contribution in [0.15, 0.2) is 140 Å². The summed E-state index contributed by atoms with van der Waals surface area (Å²) in [5.74, 6) is 0. The third-order valence-corrected chi connectivity index (χ3v) is 7.65. The Morgan fingerprint density at radius 1 is 0.725 bits per heavy atom. The Kier molecular flexibility index (Phi) is 7.52. The van der Waals surface area contributed by atoms with Gasteiger partial charge in [-0.15, -0.1) is 0 Å². The number of nitrogens with two attached hydrogens (primary N) is 1. The molecule has 0 bridgehead atoms. The molecule has 0 saturated heterocycles. The number of aromatic nitrogens is 1. The van der Waals surface area contributed by atoms with Crippen LogP contribution in [-0.4, -0.2) is 4.57 Å². The highest BCUT2D eigenvalue weighted by Gasteiger charge is 2.21. The summed E-state index contributed by atoms with van der Waals surface area (Å²) in [5, 5.41) is 2.47. The van der Waals surface area contributed by atoms with Crippen LogP contribution in [0.2, 0.25) is 0 Å². The zero-order chi connectivity index (χ0) is 28.2. The van der Waals surface area contributed by atoms with Crippen LogP contribution in [0.3, 0.4) is 0 Å². The minimum absolute atomic E-state index is 0.834. The largest absolute Gasteiger partial charge is 0.404 e. The number of hydrogen-bond acceptors (Lipinski definition) is 1. The van der Waals surface area contributed by atoms with Crippen molar-refractivity contribution in [2.45, 2.75) is 13.8 Å². The Morgan fingerprint density at radius 3 is 2.12 bits per heavy atom. The molecular formula is C38H34N2. The van der Waals surface area contributed by atoms with E-state index >= 15 is 0 Å². The molecule has 2 N–H and O–H groups in total. The fourth-order valence-corrected chi connectivity index (χ4v) is 5.45. The second-order valence-electron chi connectivity index (χ2n) is 9.82. The summed E-state index contributed by atoms with van der Waals surface area (Å²) < 4.78 is 2.32. The third-order valence-electron chi connectivity index (χ3n) is 7.65. The van der Waals surface area contributed by atoms with E-state index in [1.165, 1.54) is 33.0 Å². The number of fused-ring (bicyclic) bond motifs is 1. The van der Waals surface area contributed by atoms with Crippen molar-refractivity contribution in [1.29, 1.82) is 0 Å². The molecule has 5 aromatic rings. The molecule has 0 aliphatic heterocycles. The minimum atomic E-state index is 0.834. The van der Waals surface area contributed by atoms with Gasteiger partial charge in [0.05, 0.1) is 11.4 Å². The van der Waals surface area contributed by atoms with Crippen LogP contribution in [0, 0.1) is 13.8 Å². The maximum atomic E-state index is 5.92. The topological polar surface area (TPSA) is 30.9 Å². The van der Waals surface area contributed by atoms with Gasteiger partial charge in [-0.1, -0.05) is 111 Å². The van der Waals surface area contributed by atoms with Crippen molar-refractivity contribution in [2.24, 2.45) is 5.73 Å². The molecule has 5 rings (SSSR count). The van der Waals surface area contributed by atoms with E-state index in [1.54, 1.807) is 12.3 Å². The highest BCUT2D eigenvalue weighted by atomic mass is 15.0. The molecule has 1 heterocycles. The van der Waals surface area contributed by atoms with Crippen molar-refractivity contribution in [2.75, 3.05) is 0 Å². The standard InChI is InChI=1S/C38H34N2/c1-6-28(30(8-3)25-39)24-37-26(4)27(5)38(40(37)33-17-10-9-11-18-33)36-22-21-32(23-29(36)7-2)35-20-14-16-31-15-12-13-19-34(31)35/h6-25H,1-3,39H2,4-5H3/b28-24+,30-25+. The molecule has 0 aliphatic rings. The van der Waals surface area contributed by atoms with Crippen LogP contribution in [0.5, 0.6) is 0 Å². The second kappa shape index (κ2) is 11.3. The van der Waals surface area contributed by atoms with Crippen LogP contribution >= 0.6 is 0 Å². The average molecular weight is 519 g/mol. The molecule has 196 valence electrons. The molecular weight excluding hydrogens is 484 g/mol. The molecule has 0 spiro atoms. The van der Waals surface area contributed by atoms with E-state index in [1.807, 2.05) is 18.2 Å². The number of nitrogens with zero attached hydrogens (tertiary/aromatic N) is 1. The summed E-state index contributed by atoms with van der Waals surface area (Å²) in [4.78, 5) is 0. The fraction of sp³-hybridized carbons (Fsp3) is 0.0526. The summed E-state index contributed by atoms with van der Waals surface area (Å²) in [6, 6.07) is 32.1. The van der Waals surface area contributed by atoms with Gasteiger partial charge in [-0.2, -0.15) is 0 Å². The van der Waals surface area contributed by atoms with E-state index in [9.17, 15) is 0 Å². The van der Waals surface area contributed by atoms with E-state index in [4.69, 9.17) is 5.73 Å². The number of allylic oxidation sites excluding steroid dienone is 4. The van der Waals surface area contributed by atoms with Gasteiger partial charge >= 0.3 is 0 Å². The molecule has 2 heteroatoms. The molecule has 0 saturated carbocycles. The molecule has 0 fully saturated rings. The monoisotopic (exact) mass is 518 g/mol. The molecule has 0 amide bonds. The molecule has 2 nitrogen and oxygen atoms in total. The van der Waals surface area contributed by atoms with Crippen molar-refractivity contribution in [3.8, 4) is 28.1 Å². The Morgan fingerprint density at radius 2 is 1.43 bits per heavy atom. The molecule has 1 aromatic heterocycles. The fourth-order valence-electron chi connectivity index (χ4n) is 5.45. The van der Waals surface area contributed by atoms with E-state index in [0.717, 1.165) is 39.3 Å². The highest BCUT2D eigenvalue weighted by Crippen LogP contribution is 2.39. The van der Waals surface area contributed by atoms with Crippen LogP contribution in [0.4, 0.5) is 0 Å². The van der Waals surface area contributed by atoms with Crippen molar-refractivity contribution in [3.63, 3.8) is 0 Å². The van der Waals surface area contributed by atoms with Gasteiger partial charge in [0.25, 0.3) is 0 Å². The van der Waals surface area contributed by atoms with Crippen LogP contribution < -0.4 is 5.73 Å². The van der Waals surface area contributed by atoms with E-state index in [2.05, 4.69) is 129 Å². The Bertz CT molecular complexity index is 1800. The first-order valence-corrected chi connectivity index (χ1v) is 13.4. The smallest absolute Gasteiger partial charge is 0.0572 e. The zero-order valence-corrected chi connectivity index (χ0v) is 23.2. The maximum absolute atomic E-state index is 5.92. The molecule has 0 atom stereocenters. The Labute approximate surface area is 237 Å². The van der Waals surface area contributed by atoms with Gasteiger partial charge in [-0.25, -0.2) is 0 Å². The lowest BCUT2D eigenvalue weighted by atomic mass is 9.93. The third kappa shape index (κ3) is 4.65. The van der Waals surface area contributed by atoms with Crippen molar-refractivity contribution < 1.29 is 0 Å². The van der Waals surface area contributed by atoms with Crippen LogP contribution in [0.25, 0.3) is 51.0 Å². The number of benzene rings is 4. The number of hydrogen-bond donors (Lipinski definition) is 1. The lowest BCUT2D eigenvalue weighted by Gasteiger charge is -2.17. The zero-order valence-electron chi connectivity index (χ0n) is 23.2. The van der Waals surface area contributed by atoms with Gasteiger partial charge in [0.2, 0.25) is 0 Å². The predicted octanol–water partition coefficient (Wildman–Crippen LogP) is 9.82. The molecule has 4 aromatic carbocycles. The summed E-state index contributed by atoms with van der Waals surface area (Å²) in [7, 11) is 0. The minimum Gasteiger partial charge on any atom is -0.404 e. The first-order valence-electron chi connectivity index (χ1n) is 13.4. The van der Waals surface area contributed by atoms with E-state index in [-0.39, 0.29) is 0 Å². The van der Waals surface area contributed by atoms with Gasteiger partial charge in [0.15, 0.2) is 0 Å². The summed E-state index contributed by atoms with van der Waals surface area (Å²) in [5.41, 5.74) is 17.9. The molecule has 0 aliphatic carbocycles. The lowest BCUT2D eigenvalue weighted by Crippen LogP contribution is -2.02. The van der Waals surface area contributed by atoms with E-state index < -0.39 is 0 Å². The first kappa shape index (κ1) is 26.5. The van der Waals surface area contributed by atoms with Crippen molar-refractivity contribution in [1.82, 2.24) is 4.57 Å². The Balaban J connectivity index is 1.78. The van der Waals surface area contributed by atoms with Gasteiger partial charge in [-0.3, -0.25) is 0 Å². The van der Waals surface area contributed by atoms with Gasteiger partial charge in [0.1, 0.15) is 0 Å².